The van der Waals surface area contributed by atoms with Crippen LogP contribution < -0.4 is 16.0 Å². The Balaban J connectivity index is 0.00000420. The van der Waals surface area contributed by atoms with Crippen LogP contribution in [0.1, 0.15) is 38.7 Å². The molecule has 164 valence electrons. The number of hydrogen-bond donors (Lipinski definition) is 3. The zero-order valence-corrected chi connectivity index (χ0v) is 20.0. The van der Waals surface area contributed by atoms with Crippen molar-refractivity contribution in [1.29, 1.82) is 0 Å². The summed E-state index contributed by atoms with van der Waals surface area (Å²) in [5, 5.41) is 9.63. The van der Waals surface area contributed by atoms with Gasteiger partial charge in [0.1, 0.15) is 0 Å². The highest BCUT2D eigenvalue weighted by Gasteiger charge is 2.09. The van der Waals surface area contributed by atoms with E-state index < -0.39 is 0 Å². The van der Waals surface area contributed by atoms with E-state index in [9.17, 15) is 4.79 Å². The molecule has 8 heteroatoms. The Bertz CT molecular complexity index is 621. The van der Waals surface area contributed by atoms with Gasteiger partial charge in [0.2, 0.25) is 5.91 Å². The summed E-state index contributed by atoms with van der Waals surface area (Å²) in [5.41, 5.74) is 1.90. The first kappa shape index (κ1) is 25.6. The Kier molecular flexibility index (Phi) is 13.7. The van der Waals surface area contributed by atoms with Crippen LogP contribution in [0.3, 0.4) is 0 Å². The van der Waals surface area contributed by atoms with Gasteiger partial charge < -0.3 is 20.7 Å². The number of benzene rings is 1. The first-order valence-electron chi connectivity index (χ1n) is 10.4. The summed E-state index contributed by atoms with van der Waals surface area (Å²) in [7, 11) is 0. The third kappa shape index (κ3) is 10.8. The molecule has 7 nitrogen and oxygen atoms in total. The molecule has 1 heterocycles. The van der Waals surface area contributed by atoms with E-state index >= 15 is 0 Å². The molecule has 0 spiro atoms. The molecule has 0 aromatic heterocycles. The maximum absolute atomic E-state index is 11.8. The van der Waals surface area contributed by atoms with Crippen molar-refractivity contribution >= 4 is 41.5 Å². The maximum Gasteiger partial charge on any atom is 0.224 e. The van der Waals surface area contributed by atoms with Gasteiger partial charge in [-0.2, -0.15) is 0 Å². The van der Waals surface area contributed by atoms with Crippen LogP contribution in [0.15, 0.2) is 29.3 Å². The minimum Gasteiger partial charge on any atom is -0.379 e. The smallest absolute Gasteiger partial charge is 0.224 e. The number of ether oxygens (including phenoxy) is 1. The fourth-order valence-corrected chi connectivity index (χ4v) is 3.04. The lowest BCUT2D eigenvalue weighted by Crippen LogP contribution is -2.40. The summed E-state index contributed by atoms with van der Waals surface area (Å²) in [6, 6.07) is 7.88. The number of anilines is 1. The van der Waals surface area contributed by atoms with Crippen LogP contribution >= 0.6 is 24.0 Å². The zero-order chi connectivity index (χ0) is 20.0. The SMILES string of the molecule is CCCC(=O)Nc1cccc(CN=C(NCC)NCCCN2CCOCC2)c1.I. The number of carbonyl (C=O) groups is 1. The molecule has 2 rings (SSSR count). The fraction of sp³-hybridized carbons (Fsp3) is 0.619. The number of morpholine rings is 1. The van der Waals surface area contributed by atoms with Crippen LogP contribution in [0.2, 0.25) is 0 Å². The van der Waals surface area contributed by atoms with Crippen molar-refractivity contribution in [2.45, 2.75) is 39.7 Å². The Morgan fingerprint density at radius 1 is 1.21 bits per heavy atom. The molecule has 1 amide bonds. The van der Waals surface area contributed by atoms with Gasteiger partial charge in [0.15, 0.2) is 5.96 Å². The van der Waals surface area contributed by atoms with Crippen molar-refractivity contribution in [1.82, 2.24) is 15.5 Å². The van der Waals surface area contributed by atoms with Crippen LogP contribution in [-0.4, -0.2) is 62.7 Å². The van der Waals surface area contributed by atoms with Crippen molar-refractivity contribution in [3.63, 3.8) is 0 Å². The second-order valence-electron chi connectivity index (χ2n) is 6.93. The Hall–Kier alpha value is -1.39. The van der Waals surface area contributed by atoms with E-state index in [0.717, 1.165) is 76.0 Å². The number of aliphatic imine (C=N–C) groups is 1. The zero-order valence-electron chi connectivity index (χ0n) is 17.7. The van der Waals surface area contributed by atoms with E-state index in [0.29, 0.717) is 13.0 Å². The van der Waals surface area contributed by atoms with Gasteiger partial charge in [-0.05, 0) is 44.0 Å². The first-order valence-corrected chi connectivity index (χ1v) is 10.4. The Morgan fingerprint density at radius 2 is 2.00 bits per heavy atom. The summed E-state index contributed by atoms with van der Waals surface area (Å²) < 4.78 is 5.38. The molecular formula is C21H36IN5O2. The highest BCUT2D eigenvalue weighted by atomic mass is 127. The number of rotatable bonds is 10. The van der Waals surface area contributed by atoms with Crippen molar-refractivity contribution in [3.05, 3.63) is 29.8 Å². The average Bonchev–Trinajstić information content (AvgIpc) is 2.70. The third-order valence-electron chi connectivity index (χ3n) is 4.50. The number of carbonyl (C=O) groups excluding carboxylic acids is 1. The summed E-state index contributed by atoms with van der Waals surface area (Å²) in [5.74, 6) is 0.878. The van der Waals surface area contributed by atoms with Crippen LogP contribution in [0.4, 0.5) is 5.69 Å². The van der Waals surface area contributed by atoms with Gasteiger partial charge in [-0.1, -0.05) is 19.1 Å². The van der Waals surface area contributed by atoms with E-state index in [4.69, 9.17) is 4.74 Å². The van der Waals surface area contributed by atoms with Gasteiger partial charge in [-0.25, -0.2) is 4.99 Å². The number of hydrogen-bond acceptors (Lipinski definition) is 4. The lowest BCUT2D eigenvalue weighted by Gasteiger charge is -2.26. The summed E-state index contributed by atoms with van der Waals surface area (Å²) in [6.45, 7) is 11.2. The predicted molar refractivity (Wildman–Crippen MR) is 130 cm³/mol. The molecule has 0 unspecified atom stereocenters. The van der Waals surface area contributed by atoms with Crippen molar-refractivity contribution in [3.8, 4) is 0 Å². The van der Waals surface area contributed by atoms with E-state index in [1.165, 1.54) is 0 Å². The van der Waals surface area contributed by atoms with Gasteiger partial charge in [-0.15, -0.1) is 24.0 Å². The van der Waals surface area contributed by atoms with Gasteiger partial charge in [0.25, 0.3) is 0 Å². The maximum atomic E-state index is 11.8. The van der Waals surface area contributed by atoms with E-state index in [2.05, 4.69) is 32.8 Å². The highest BCUT2D eigenvalue weighted by Crippen LogP contribution is 2.12. The lowest BCUT2D eigenvalue weighted by molar-refractivity contribution is -0.116. The fourth-order valence-electron chi connectivity index (χ4n) is 3.04. The molecule has 0 atom stereocenters. The highest BCUT2D eigenvalue weighted by molar-refractivity contribution is 14.0. The van der Waals surface area contributed by atoms with Crippen LogP contribution in [0, 0.1) is 0 Å². The Labute approximate surface area is 192 Å². The molecule has 1 fully saturated rings. The molecule has 1 saturated heterocycles. The summed E-state index contributed by atoms with van der Waals surface area (Å²) >= 11 is 0. The quantitative estimate of drug-likeness (QED) is 0.193. The van der Waals surface area contributed by atoms with Gasteiger partial charge >= 0.3 is 0 Å². The van der Waals surface area contributed by atoms with Crippen LogP contribution in [-0.2, 0) is 16.1 Å². The average molecular weight is 517 g/mol. The minimum atomic E-state index is 0. The predicted octanol–water partition coefficient (Wildman–Crippen LogP) is 2.82. The molecule has 1 aromatic rings. The van der Waals surface area contributed by atoms with Crippen LogP contribution in [0.5, 0.6) is 0 Å². The molecule has 0 saturated carbocycles. The monoisotopic (exact) mass is 517 g/mol. The number of nitrogens with zero attached hydrogens (tertiary/aromatic N) is 2. The number of halogens is 1. The normalized spacial score (nSPS) is 14.8. The molecule has 1 aliphatic heterocycles. The van der Waals surface area contributed by atoms with E-state index in [-0.39, 0.29) is 29.9 Å². The van der Waals surface area contributed by atoms with Gasteiger partial charge in [0.05, 0.1) is 19.8 Å². The molecule has 0 bridgehead atoms. The van der Waals surface area contributed by atoms with Crippen LogP contribution in [0.25, 0.3) is 0 Å². The first-order chi connectivity index (χ1) is 13.7. The van der Waals surface area contributed by atoms with Crippen molar-refractivity contribution in [2.24, 2.45) is 4.99 Å². The number of amides is 1. The lowest BCUT2D eigenvalue weighted by atomic mass is 10.2. The molecule has 0 radical (unpaired) electrons. The van der Waals surface area contributed by atoms with Gasteiger partial charge in [-0.3, -0.25) is 9.69 Å². The standard InChI is InChI=1S/C21H35N5O2.HI/c1-3-7-20(27)25-19-9-5-8-18(16-19)17-24-21(22-4-2)23-10-6-11-26-12-14-28-15-13-26;/h5,8-9,16H,3-4,6-7,10-15,17H2,1-2H3,(H,25,27)(H2,22,23,24);1H. The summed E-state index contributed by atoms with van der Waals surface area (Å²) in [4.78, 5) is 18.9. The molecule has 3 N–H and O–H groups in total. The third-order valence-corrected chi connectivity index (χ3v) is 4.50. The van der Waals surface area contributed by atoms with Gasteiger partial charge in [0, 0.05) is 38.3 Å². The second kappa shape index (κ2) is 15.4. The minimum absolute atomic E-state index is 0. The number of nitrogens with one attached hydrogen (secondary N) is 3. The Morgan fingerprint density at radius 3 is 2.72 bits per heavy atom. The van der Waals surface area contributed by atoms with Crippen molar-refractivity contribution in [2.75, 3.05) is 51.3 Å². The molecular weight excluding hydrogens is 481 g/mol. The molecule has 29 heavy (non-hydrogen) atoms. The van der Waals surface area contributed by atoms with E-state index in [1.807, 2.05) is 31.2 Å². The molecule has 1 aromatic carbocycles. The van der Waals surface area contributed by atoms with Crippen molar-refractivity contribution < 1.29 is 9.53 Å². The molecule has 1 aliphatic rings. The summed E-state index contributed by atoms with van der Waals surface area (Å²) in [6.07, 6.45) is 2.46. The van der Waals surface area contributed by atoms with E-state index in [1.54, 1.807) is 0 Å². The molecule has 0 aliphatic carbocycles. The topological polar surface area (TPSA) is 78.0 Å². The second-order valence-corrected chi connectivity index (χ2v) is 6.93. The number of guanidine groups is 1. The largest absolute Gasteiger partial charge is 0.379 e.